The molecule has 2 saturated heterocycles. The van der Waals surface area contributed by atoms with Crippen molar-refractivity contribution in [3.8, 4) is 0 Å². The molecule has 1 aliphatic carbocycles. The standard InChI is InChI=1S/C17H28N6O.2ClH/c1-13-16(19-20-23(13)15-5-7-18-8-6-15)17(24)22-11-9-21(10-12-22)14-3-2-4-14;;/h14-15,18H,2-12H2,1H3;2*1H. The van der Waals surface area contributed by atoms with Crippen molar-refractivity contribution in [2.75, 3.05) is 39.3 Å². The van der Waals surface area contributed by atoms with Gasteiger partial charge in [0.05, 0.1) is 11.7 Å². The smallest absolute Gasteiger partial charge is 0.276 e. The first kappa shape index (κ1) is 21.4. The van der Waals surface area contributed by atoms with Crippen LogP contribution in [0.25, 0.3) is 0 Å². The Kier molecular flexibility index (Phi) is 7.70. The van der Waals surface area contributed by atoms with Gasteiger partial charge in [0.1, 0.15) is 0 Å². The lowest BCUT2D eigenvalue weighted by Crippen LogP contribution is -2.53. The Bertz CT molecular complexity index is 592. The molecule has 0 radical (unpaired) electrons. The van der Waals surface area contributed by atoms with Crippen LogP contribution in [0.15, 0.2) is 0 Å². The van der Waals surface area contributed by atoms with Gasteiger partial charge >= 0.3 is 0 Å². The number of piperidine rings is 1. The molecule has 0 unspecified atom stereocenters. The molecule has 148 valence electrons. The lowest BCUT2D eigenvalue weighted by Gasteiger charge is -2.42. The zero-order chi connectivity index (χ0) is 16.5. The van der Waals surface area contributed by atoms with Gasteiger partial charge in [0.2, 0.25) is 0 Å². The minimum absolute atomic E-state index is 0. The van der Waals surface area contributed by atoms with Gasteiger partial charge in [0.25, 0.3) is 5.91 Å². The Morgan fingerprint density at radius 1 is 1.00 bits per heavy atom. The highest BCUT2D eigenvalue weighted by molar-refractivity contribution is 5.93. The van der Waals surface area contributed by atoms with Crippen LogP contribution in [0.5, 0.6) is 0 Å². The number of carbonyl (C=O) groups is 1. The second-order valence-electron chi connectivity index (χ2n) is 7.36. The third-order valence-corrected chi connectivity index (χ3v) is 5.98. The summed E-state index contributed by atoms with van der Waals surface area (Å²) in [6.45, 7) is 7.63. The van der Waals surface area contributed by atoms with Gasteiger partial charge in [-0.3, -0.25) is 9.69 Å². The number of halogens is 2. The van der Waals surface area contributed by atoms with Crippen LogP contribution >= 0.6 is 24.8 Å². The monoisotopic (exact) mass is 404 g/mol. The van der Waals surface area contributed by atoms with Crippen molar-refractivity contribution in [3.63, 3.8) is 0 Å². The second kappa shape index (κ2) is 9.35. The maximum Gasteiger partial charge on any atom is 0.276 e. The van der Waals surface area contributed by atoms with Crippen molar-refractivity contribution in [1.82, 2.24) is 30.1 Å². The first-order valence-corrected chi connectivity index (χ1v) is 9.40. The lowest BCUT2D eigenvalue weighted by molar-refractivity contribution is 0.0450. The van der Waals surface area contributed by atoms with E-state index >= 15 is 0 Å². The molecule has 4 rings (SSSR count). The maximum atomic E-state index is 12.9. The molecule has 2 aliphatic heterocycles. The van der Waals surface area contributed by atoms with E-state index in [1.54, 1.807) is 0 Å². The minimum Gasteiger partial charge on any atom is -0.335 e. The Morgan fingerprint density at radius 3 is 2.23 bits per heavy atom. The molecule has 3 aliphatic rings. The van der Waals surface area contributed by atoms with E-state index in [4.69, 9.17) is 0 Å². The van der Waals surface area contributed by atoms with Crippen molar-refractivity contribution in [2.45, 2.75) is 51.1 Å². The van der Waals surface area contributed by atoms with Gasteiger partial charge in [-0.05, 0) is 45.7 Å². The van der Waals surface area contributed by atoms with Gasteiger partial charge in [0, 0.05) is 32.2 Å². The van der Waals surface area contributed by atoms with E-state index in [1.165, 1.54) is 19.3 Å². The predicted molar refractivity (Wildman–Crippen MR) is 106 cm³/mol. The third kappa shape index (κ3) is 4.16. The molecule has 0 bridgehead atoms. The molecule has 1 aromatic heterocycles. The average molecular weight is 405 g/mol. The number of carbonyl (C=O) groups excluding carboxylic acids is 1. The number of amides is 1. The van der Waals surface area contributed by atoms with E-state index in [1.807, 2.05) is 16.5 Å². The van der Waals surface area contributed by atoms with Gasteiger partial charge in [0.15, 0.2) is 5.69 Å². The van der Waals surface area contributed by atoms with Crippen LogP contribution in [0.4, 0.5) is 0 Å². The van der Waals surface area contributed by atoms with E-state index in [0.29, 0.717) is 11.7 Å². The first-order chi connectivity index (χ1) is 11.7. The van der Waals surface area contributed by atoms with E-state index in [9.17, 15) is 4.79 Å². The van der Waals surface area contributed by atoms with Crippen molar-refractivity contribution < 1.29 is 4.79 Å². The summed E-state index contributed by atoms with van der Waals surface area (Å²) in [5, 5.41) is 11.9. The molecule has 3 heterocycles. The van der Waals surface area contributed by atoms with Gasteiger partial charge < -0.3 is 10.2 Å². The van der Waals surface area contributed by atoms with Crippen LogP contribution in [0.3, 0.4) is 0 Å². The van der Waals surface area contributed by atoms with Crippen LogP contribution in [-0.2, 0) is 0 Å². The number of rotatable bonds is 3. The fourth-order valence-corrected chi connectivity index (χ4v) is 4.13. The number of nitrogens with one attached hydrogen (secondary N) is 1. The van der Waals surface area contributed by atoms with Crippen molar-refractivity contribution in [2.24, 2.45) is 0 Å². The highest BCUT2D eigenvalue weighted by atomic mass is 35.5. The van der Waals surface area contributed by atoms with Gasteiger partial charge in [-0.25, -0.2) is 4.68 Å². The lowest BCUT2D eigenvalue weighted by atomic mass is 9.91. The number of aromatic nitrogens is 3. The highest BCUT2D eigenvalue weighted by Gasteiger charge is 2.31. The van der Waals surface area contributed by atoms with Crippen molar-refractivity contribution in [3.05, 3.63) is 11.4 Å². The second-order valence-corrected chi connectivity index (χ2v) is 7.36. The Hall–Kier alpha value is -0.890. The fraction of sp³-hybridized carbons (Fsp3) is 0.824. The number of piperazine rings is 1. The molecule has 3 fully saturated rings. The topological polar surface area (TPSA) is 66.3 Å². The van der Waals surface area contributed by atoms with E-state index in [-0.39, 0.29) is 30.7 Å². The zero-order valence-corrected chi connectivity index (χ0v) is 17.0. The van der Waals surface area contributed by atoms with E-state index < -0.39 is 0 Å². The fourth-order valence-electron chi connectivity index (χ4n) is 4.13. The summed E-state index contributed by atoms with van der Waals surface area (Å²) < 4.78 is 1.97. The molecule has 0 spiro atoms. The molecule has 7 nitrogen and oxygen atoms in total. The molecule has 0 aromatic carbocycles. The summed E-state index contributed by atoms with van der Waals surface area (Å²) in [6.07, 6.45) is 6.13. The van der Waals surface area contributed by atoms with Crippen molar-refractivity contribution in [1.29, 1.82) is 0 Å². The predicted octanol–water partition coefficient (Wildman–Crippen LogP) is 1.66. The van der Waals surface area contributed by atoms with Gasteiger partial charge in [-0.2, -0.15) is 0 Å². The van der Waals surface area contributed by atoms with Gasteiger partial charge in [-0.15, -0.1) is 29.9 Å². The van der Waals surface area contributed by atoms with Gasteiger partial charge in [-0.1, -0.05) is 11.6 Å². The van der Waals surface area contributed by atoms with Crippen LogP contribution in [0.2, 0.25) is 0 Å². The van der Waals surface area contributed by atoms with E-state index in [0.717, 1.165) is 63.8 Å². The summed E-state index contributed by atoms with van der Waals surface area (Å²) >= 11 is 0. The molecule has 1 aromatic rings. The molecule has 1 N–H and O–H groups in total. The van der Waals surface area contributed by atoms with Crippen molar-refractivity contribution >= 4 is 30.7 Å². The average Bonchev–Trinajstić information content (AvgIpc) is 2.96. The molecule has 1 amide bonds. The molecule has 9 heteroatoms. The van der Waals surface area contributed by atoms with Crippen LogP contribution in [0, 0.1) is 6.92 Å². The zero-order valence-electron chi connectivity index (χ0n) is 15.4. The quantitative estimate of drug-likeness (QED) is 0.829. The maximum absolute atomic E-state index is 12.9. The van der Waals surface area contributed by atoms with Crippen LogP contribution in [0.1, 0.15) is 54.3 Å². The summed E-state index contributed by atoms with van der Waals surface area (Å²) in [5.74, 6) is 0.0564. The molecule has 0 atom stereocenters. The minimum atomic E-state index is 0. The number of hydrogen-bond acceptors (Lipinski definition) is 5. The molecule has 26 heavy (non-hydrogen) atoms. The number of hydrogen-bond donors (Lipinski definition) is 1. The first-order valence-electron chi connectivity index (χ1n) is 9.40. The summed E-state index contributed by atoms with van der Waals surface area (Å²) in [4.78, 5) is 17.4. The van der Waals surface area contributed by atoms with Crippen LogP contribution in [-0.4, -0.2) is 76.0 Å². The Morgan fingerprint density at radius 2 is 1.65 bits per heavy atom. The SMILES string of the molecule is Cc1c(C(=O)N2CCN(C3CCC3)CC2)nnn1C1CCNCC1.Cl.Cl. The Balaban J connectivity index is 0.00000121. The molecule has 1 saturated carbocycles. The summed E-state index contributed by atoms with van der Waals surface area (Å²) in [6, 6.07) is 1.14. The van der Waals surface area contributed by atoms with Crippen LogP contribution < -0.4 is 5.32 Å². The third-order valence-electron chi connectivity index (χ3n) is 5.98. The molecular weight excluding hydrogens is 375 g/mol. The normalized spacial score (nSPS) is 22.3. The number of nitrogens with zero attached hydrogens (tertiary/aromatic N) is 5. The largest absolute Gasteiger partial charge is 0.335 e. The Labute approximate surface area is 167 Å². The summed E-state index contributed by atoms with van der Waals surface area (Å²) in [5.41, 5.74) is 1.47. The summed E-state index contributed by atoms with van der Waals surface area (Å²) in [7, 11) is 0. The molecular formula is C17H30Cl2N6O. The van der Waals surface area contributed by atoms with E-state index in [2.05, 4.69) is 20.5 Å². The highest BCUT2D eigenvalue weighted by Crippen LogP contribution is 2.26.